The summed E-state index contributed by atoms with van der Waals surface area (Å²) in [6.07, 6.45) is 1.56. The topological polar surface area (TPSA) is 63.0 Å². The lowest BCUT2D eigenvalue weighted by atomic mass is 10.3. The third kappa shape index (κ3) is 1.18. The molecule has 2 aromatic heterocycles. The number of nitrogens with zero attached hydrogens (tertiary/aromatic N) is 3. The molecule has 3 aromatic rings. The van der Waals surface area contributed by atoms with Gasteiger partial charge in [0.05, 0.1) is 17.2 Å². The van der Waals surface area contributed by atoms with Crippen LogP contribution in [0.4, 0.5) is 0 Å². The summed E-state index contributed by atoms with van der Waals surface area (Å²) in [4.78, 5) is 15.7. The van der Waals surface area contributed by atoms with Crippen LogP contribution in [0.5, 0.6) is 0 Å². The Bertz CT molecular complexity index is 715. The highest BCUT2D eigenvalue weighted by molar-refractivity contribution is 9.10. The molecule has 15 heavy (non-hydrogen) atoms. The molecule has 0 spiro atoms. The molecule has 3 rings (SSSR count). The minimum absolute atomic E-state index is 0.254. The molecule has 1 N–H and O–H groups in total. The molecule has 6 heteroatoms. The zero-order valence-corrected chi connectivity index (χ0v) is 9.02. The smallest absolute Gasteiger partial charge is 0.251 e. The summed E-state index contributed by atoms with van der Waals surface area (Å²) in [5.74, 6) is 0. The molecule has 0 bridgehead atoms. The fourth-order valence-corrected chi connectivity index (χ4v) is 1.89. The Kier molecular flexibility index (Phi) is 1.66. The van der Waals surface area contributed by atoms with Gasteiger partial charge in [0, 0.05) is 4.47 Å². The largest absolute Gasteiger partial charge is 0.348 e. The molecule has 0 saturated heterocycles. The van der Waals surface area contributed by atoms with Gasteiger partial charge in [0.15, 0.2) is 5.65 Å². The summed E-state index contributed by atoms with van der Waals surface area (Å²) in [6, 6.07) is 5.57. The van der Waals surface area contributed by atoms with E-state index in [1.807, 2.05) is 18.2 Å². The number of hydrogen-bond acceptors (Lipinski definition) is 3. The van der Waals surface area contributed by atoms with Crippen LogP contribution in [0.3, 0.4) is 0 Å². The standard InChI is InChI=1S/C9H5BrN4O/c10-5-1-2-6-7(3-5)14-8(4-11-6)12-13-9(14)15/h1-4H,(H,13,15). The second kappa shape index (κ2) is 2.90. The van der Waals surface area contributed by atoms with Crippen LogP contribution in [0.15, 0.2) is 33.7 Å². The normalized spacial score (nSPS) is 11.3. The van der Waals surface area contributed by atoms with Crippen molar-refractivity contribution in [2.75, 3.05) is 0 Å². The summed E-state index contributed by atoms with van der Waals surface area (Å²) in [5, 5.41) is 6.24. The molecule has 0 atom stereocenters. The molecule has 0 fully saturated rings. The molecule has 0 aliphatic rings. The Labute approximate surface area is 91.9 Å². The first-order valence-electron chi connectivity index (χ1n) is 4.27. The van der Waals surface area contributed by atoms with Gasteiger partial charge in [0.1, 0.15) is 0 Å². The monoisotopic (exact) mass is 264 g/mol. The first-order valence-corrected chi connectivity index (χ1v) is 5.06. The fourth-order valence-electron chi connectivity index (χ4n) is 1.54. The number of fused-ring (bicyclic) bond motifs is 3. The van der Waals surface area contributed by atoms with Crippen molar-refractivity contribution in [3.05, 3.63) is 39.4 Å². The molecular formula is C9H5BrN4O. The number of nitrogens with one attached hydrogen (secondary N) is 1. The zero-order valence-electron chi connectivity index (χ0n) is 7.44. The lowest BCUT2D eigenvalue weighted by Gasteiger charge is -1.99. The summed E-state index contributed by atoms with van der Waals surface area (Å²) < 4.78 is 2.39. The van der Waals surface area contributed by atoms with E-state index in [2.05, 4.69) is 31.1 Å². The van der Waals surface area contributed by atoms with Gasteiger partial charge >= 0.3 is 5.69 Å². The van der Waals surface area contributed by atoms with E-state index in [0.29, 0.717) is 5.65 Å². The van der Waals surface area contributed by atoms with E-state index in [0.717, 1.165) is 15.5 Å². The van der Waals surface area contributed by atoms with Crippen molar-refractivity contribution < 1.29 is 0 Å². The quantitative estimate of drug-likeness (QED) is 0.667. The minimum atomic E-state index is -0.254. The van der Waals surface area contributed by atoms with Gasteiger partial charge in [0.25, 0.3) is 0 Å². The van der Waals surface area contributed by atoms with Gasteiger partial charge in [0.2, 0.25) is 0 Å². The Morgan fingerprint density at radius 1 is 1.40 bits per heavy atom. The maximum absolute atomic E-state index is 11.5. The van der Waals surface area contributed by atoms with Crippen molar-refractivity contribution in [2.24, 2.45) is 0 Å². The lowest BCUT2D eigenvalue weighted by molar-refractivity contribution is 1.04. The van der Waals surface area contributed by atoms with Crippen molar-refractivity contribution >= 4 is 32.6 Å². The van der Waals surface area contributed by atoms with Crippen molar-refractivity contribution in [2.45, 2.75) is 0 Å². The minimum Gasteiger partial charge on any atom is -0.251 e. The average Bonchev–Trinajstić information content (AvgIpc) is 2.60. The second-order valence-electron chi connectivity index (χ2n) is 3.11. The third-order valence-electron chi connectivity index (χ3n) is 2.20. The van der Waals surface area contributed by atoms with E-state index in [1.165, 1.54) is 4.40 Å². The zero-order chi connectivity index (χ0) is 10.4. The molecule has 0 aliphatic heterocycles. The van der Waals surface area contributed by atoms with Crippen molar-refractivity contribution in [3.63, 3.8) is 0 Å². The number of H-pyrrole nitrogens is 1. The van der Waals surface area contributed by atoms with Crippen LogP contribution < -0.4 is 5.69 Å². The van der Waals surface area contributed by atoms with Crippen molar-refractivity contribution in [1.29, 1.82) is 0 Å². The van der Waals surface area contributed by atoms with Crippen LogP contribution in [0.1, 0.15) is 0 Å². The van der Waals surface area contributed by atoms with Gasteiger partial charge in [-0.25, -0.2) is 14.3 Å². The third-order valence-corrected chi connectivity index (χ3v) is 2.69. The van der Waals surface area contributed by atoms with Crippen LogP contribution in [0.2, 0.25) is 0 Å². The average molecular weight is 265 g/mol. The fraction of sp³-hybridized carbons (Fsp3) is 0. The van der Waals surface area contributed by atoms with E-state index in [1.54, 1.807) is 6.20 Å². The highest BCUT2D eigenvalue weighted by Gasteiger charge is 2.05. The van der Waals surface area contributed by atoms with Crippen LogP contribution in [-0.2, 0) is 0 Å². The maximum atomic E-state index is 11.5. The molecule has 2 heterocycles. The molecule has 0 saturated carbocycles. The molecule has 0 aliphatic carbocycles. The predicted octanol–water partition coefficient (Wildman–Crippen LogP) is 1.33. The predicted molar refractivity (Wildman–Crippen MR) is 58.8 cm³/mol. The van der Waals surface area contributed by atoms with E-state index in [-0.39, 0.29) is 5.69 Å². The maximum Gasteiger partial charge on any atom is 0.348 e. The van der Waals surface area contributed by atoms with Crippen molar-refractivity contribution in [3.8, 4) is 0 Å². The van der Waals surface area contributed by atoms with E-state index < -0.39 is 0 Å². The van der Waals surface area contributed by atoms with Gasteiger partial charge in [-0.3, -0.25) is 4.98 Å². The van der Waals surface area contributed by atoms with E-state index in [9.17, 15) is 4.79 Å². The highest BCUT2D eigenvalue weighted by Crippen LogP contribution is 2.17. The van der Waals surface area contributed by atoms with Crippen LogP contribution in [0, 0.1) is 0 Å². The van der Waals surface area contributed by atoms with Crippen LogP contribution in [0.25, 0.3) is 16.7 Å². The number of benzene rings is 1. The van der Waals surface area contributed by atoms with Crippen molar-refractivity contribution in [1.82, 2.24) is 19.6 Å². The lowest BCUT2D eigenvalue weighted by Crippen LogP contribution is -2.10. The summed E-state index contributed by atoms with van der Waals surface area (Å²) in [6.45, 7) is 0. The Morgan fingerprint density at radius 2 is 2.27 bits per heavy atom. The van der Waals surface area contributed by atoms with Gasteiger partial charge in [-0.2, -0.15) is 5.10 Å². The number of aromatic nitrogens is 4. The van der Waals surface area contributed by atoms with Crippen LogP contribution >= 0.6 is 15.9 Å². The number of aromatic amines is 1. The Balaban J connectivity index is 2.67. The molecule has 1 aromatic carbocycles. The Morgan fingerprint density at radius 3 is 3.13 bits per heavy atom. The van der Waals surface area contributed by atoms with Crippen LogP contribution in [-0.4, -0.2) is 19.6 Å². The summed E-state index contributed by atoms with van der Waals surface area (Å²) in [7, 11) is 0. The Hall–Kier alpha value is -1.69. The molecule has 0 radical (unpaired) electrons. The molecule has 5 nitrogen and oxygen atoms in total. The van der Waals surface area contributed by atoms with E-state index in [4.69, 9.17) is 0 Å². The van der Waals surface area contributed by atoms with Gasteiger partial charge in [-0.05, 0) is 18.2 Å². The van der Waals surface area contributed by atoms with Gasteiger partial charge < -0.3 is 0 Å². The number of hydrogen-bond donors (Lipinski definition) is 1. The number of rotatable bonds is 0. The van der Waals surface area contributed by atoms with E-state index >= 15 is 0 Å². The molecule has 74 valence electrons. The number of halogens is 1. The molecular weight excluding hydrogens is 260 g/mol. The highest BCUT2D eigenvalue weighted by atomic mass is 79.9. The molecule has 0 amide bonds. The first kappa shape index (κ1) is 8.60. The summed E-state index contributed by atoms with van der Waals surface area (Å²) >= 11 is 3.36. The summed E-state index contributed by atoms with van der Waals surface area (Å²) in [5.41, 5.74) is 1.76. The molecule has 0 unspecified atom stereocenters. The van der Waals surface area contributed by atoms with Gasteiger partial charge in [-0.1, -0.05) is 15.9 Å². The first-order chi connectivity index (χ1) is 7.25. The van der Waals surface area contributed by atoms with Gasteiger partial charge in [-0.15, -0.1) is 0 Å². The second-order valence-corrected chi connectivity index (χ2v) is 4.03. The SMILES string of the molecule is O=c1[nH]nc2cnc3ccc(Br)cc3n12.